The molecule has 1 N–H and O–H groups in total. The summed E-state index contributed by atoms with van der Waals surface area (Å²) in [4.78, 5) is 12.1. The number of aromatic hydroxyl groups is 1. The van der Waals surface area contributed by atoms with Gasteiger partial charge in [-0.2, -0.15) is 23.1 Å². The van der Waals surface area contributed by atoms with Gasteiger partial charge in [-0.15, -0.1) is 0 Å². The summed E-state index contributed by atoms with van der Waals surface area (Å²) >= 11 is 0. The van der Waals surface area contributed by atoms with Crippen LogP contribution < -0.4 is 9.47 Å². The normalized spacial score (nSPS) is 11.2. The van der Waals surface area contributed by atoms with E-state index >= 15 is 0 Å². The van der Waals surface area contributed by atoms with Crippen LogP contribution in [0.15, 0.2) is 48.7 Å². The van der Waals surface area contributed by atoms with Crippen LogP contribution in [0.5, 0.6) is 23.3 Å². The topological polar surface area (TPSA) is 77.4 Å². The second-order valence-electron chi connectivity index (χ2n) is 5.05. The molecule has 9 heteroatoms. The van der Waals surface area contributed by atoms with E-state index < -0.39 is 17.5 Å². The molecule has 6 nitrogen and oxygen atoms in total. The Morgan fingerprint density at radius 3 is 2.42 bits per heavy atom. The molecular weight excluding hydrogens is 351 g/mol. The third-order valence-electron chi connectivity index (χ3n) is 3.28. The Hall–Kier alpha value is -3.36. The molecule has 0 aliphatic heterocycles. The number of aromatic nitrogens is 3. The Balaban J connectivity index is 2.02. The van der Waals surface area contributed by atoms with Crippen molar-refractivity contribution in [3.63, 3.8) is 0 Å². The molecule has 0 aliphatic rings. The van der Waals surface area contributed by atoms with E-state index in [1.807, 2.05) is 0 Å². The smallest absolute Gasteiger partial charge is 0.416 e. The lowest BCUT2D eigenvalue weighted by molar-refractivity contribution is -0.137. The summed E-state index contributed by atoms with van der Waals surface area (Å²) in [7, 11) is 1.28. The zero-order valence-electron chi connectivity index (χ0n) is 13.4. The fourth-order valence-corrected chi connectivity index (χ4v) is 2.09. The summed E-state index contributed by atoms with van der Waals surface area (Å²) in [5.41, 5.74) is -0.514. The van der Waals surface area contributed by atoms with Crippen LogP contribution in [0.25, 0.3) is 11.5 Å². The number of hydrogen-bond acceptors (Lipinski definition) is 6. The predicted molar refractivity (Wildman–Crippen MR) is 85.0 cm³/mol. The molecule has 3 aromatic rings. The molecule has 0 saturated heterocycles. The van der Waals surface area contributed by atoms with E-state index in [2.05, 4.69) is 15.0 Å². The summed E-state index contributed by atoms with van der Waals surface area (Å²) < 4.78 is 48.8. The van der Waals surface area contributed by atoms with Crippen LogP contribution in [-0.2, 0) is 6.18 Å². The van der Waals surface area contributed by atoms with E-state index in [0.29, 0.717) is 5.69 Å². The van der Waals surface area contributed by atoms with Crippen LogP contribution in [0.1, 0.15) is 5.56 Å². The van der Waals surface area contributed by atoms with Gasteiger partial charge in [0.05, 0.1) is 12.7 Å². The van der Waals surface area contributed by atoms with Crippen LogP contribution in [0.4, 0.5) is 13.2 Å². The molecule has 0 bridgehead atoms. The summed E-state index contributed by atoms with van der Waals surface area (Å²) in [5.74, 6) is -1.14. The van der Waals surface area contributed by atoms with Crippen molar-refractivity contribution < 1.29 is 27.8 Å². The molecule has 0 spiro atoms. The summed E-state index contributed by atoms with van der Waals surface area (Å²) in [6, 6.07) is 9.23. The number of methoxy groups -OCH3 is 1. The maximum absolute atomic E-state index is 12.8. The number of pyridine rings is 1. The van der Waals surface area contributed by atoms with Crippen molar-refractivity contribution in [2.75, 3.05) is 7.11 Å². The number of nitrogens with zero attached hydrogens (tertiary/aromatic N) is 3. The zero-order valence-corrected chi connectivity index (χ0v) is 13.4. The molecular formula is C17H12F3N3O3. The SMILES string of the molecule is COc1nc(-c2ccccn2)nc(Oc2cccc(C(F)(F)F)c2)c1O. The molecule has 2 aromatic heterocycles. The van der Waals surface area contributed by atoms with Gasteiger partial charge in [0.25, 0.3) is 11.8 Å². The predicted octanol–water partition coefficient (Wildman–Crippen LogP) is 4.06. The number of alkyl halides is 3. The molecule has 134 valence electrons. The van der Waals surface area contributed by atoms with Gasteiger partial charge >= 0.3 is 6.18 Å². The second-order valence-corrected chi connectivity index (χ2v) is 5.05. The Morgan fingerprint density at radius 2 is 1.77 bits per heavy atom. The van der Waals surface area contributed by atoms with Gasteiger partial charge in [0.1, 0.15) is 11.4 Å². The van der Waals surface area contributed by atoms with Crippen LogP contribution in [0.2, 0.25) is 0 Å². The van der Waals surface area contributed by atoms with Gasteiger partial charge in [0, 0.05) is 6.20 Å². The Bertz CT molecular complexity index is 918. The molecule has 1 aromatic carbocycles. The first-order valence-electron chi connectivity index (χ1n) is 7.30. The average Bonchev–Trinajstić information content (AvgIpc) is 2.63. The van der Waals surface area contributed by atoms with Crippen molar-refractivity contribution in [2.45, 2.75) is 6.18 Å². The van der Waals surface area contributed by atoms with E-state index in [9.17, 15) is 18.3 Å². The van der Waals surface area contributed by atoms with E-state index in [1.54, 1.807) is 18.2 Å². The monoisotopic (exact) mass is 363 g/mol. The third-order valence-corrected chi connectivity index (χ3v) is 3.28. The van der Waals surface area contributed by atoms with Crippen LogP contribution in [0.3, 0.4) is 0 Å². The van der Waals surface area contributed by atoms with Crippen molar-refractivity contribution in [3.05, 3.63) is 54.2 Å². The molecule has 0 atom stereocenters. The molecule has 0 aliphatic carbocycles. The highest BCUT2D eigenvalue weighted by Gasteiger charge is 2.31. The third kappa shape index (κ3) is 3.66. The lowest BCUT2D eigenvalue weighted by Crippen LogP contribution is -2.05. The molecule has 0 saturated carbocycles. The van der Waals surface area contributed by atoms with Crippen molar-refractivity contribution in [1.82, 2.24) is 15.0 Å². The minimum Gasteiger partial charge on any atom is -0.499 e. The highest BCUT2D eigenvalue weighted by atomic mass is 19.4. The number of ether oxygens (including phenoxy) is 2. The highest BCUT2D eigenvalue weighted by Crippen LogP contribution is 2.38. The molecule has 26 heavy (non-hydrogen) atoms. The maximum atomic E-state index is 12.8. The molecule has 0 amide bonds. The molecule has 0 unspecified atom stereocenters. The second kappa shape index (κ2) is 6.87. The van der Waals surface area contributed by atoms with Gasteiger partial charge in [-0.1, -0.05) is 12.1 Å². The first kappa shape index (κ1) is 17.5. The first-order valence-corrected chi connectivity index (χ1v) is 7.30. The van der Waals surface area contributed by atoms with Crippen LogP contribution in [0, 0.1) is 0 Å². The van der Waals surface area contributed by atoms with Crippen molar-refractivity contribution >= 4 is 0 Å². The fraction of sp³-hybridized carbons (Fsp3) is 0.118. The summed E-state index contributed by atoms with van der Waals surface area (Å²) in [6.45, 7) is 0. The van der Waals surface area contributed by atoms with Crippen molar-refractivity contribution in [3.8, 4) is 34.8 Å². The molecule has 0 fully saturated rings. The Kier molecular flexibility index (Phi) is 4.61. The van der Waals surface area contributed by atoms with E-state index in [4.69, 9.17) is 9.47 Å². The van der Waals surface area contributed by atoms with E-state index in [-0.39, 0.29) is 23.3 Å². The Morgan fingerprint density at radius 1 is 1.00 bits per heavy atom. The zero-order chi connectivity index (χ0) is 18.7. The number of hydrogen-bond donors (Lipinski definition) is 1. The fourth-order valence-electron chi connectivity index (χ4n) is 2.09. The average molecular weight is 363 g/mol. The lowest BCUT2D eigenvalue weighted by Gasteiger charge is -2.12. The van der Waals surface area contributed by atoms with Gasteiger partial charge < -0.3 is 14.6 Å². The van der Waals surface area contributed by atoms with Gasteiger partial charge in [-0.25, -0.2) is 0 Å². The minimum atomic E-state index is -4.52. The minimum absolute atomic E-state index is 0.0854. The van der Waals surface area contributed by atoms with Gasteiger partial charge in [0.2, 0.25) is 5.75 Å². The quantitative estimate of drug-likeness (QED) is 0.753. The van der Waals surface area contributed by atoms with Gasteiger partial charge in [0.15, 0.2) is 5.82 Å². The standard InChI is InChI=1S/C17H12F3N3O3/c1-25-15-13(24)16(23-14(22-15)12-7-2-3-8-21-12)26-11-6-4-5-10(9-11)17(18,19)20/h2-9,24H,1H3. The van der Waals surface area contributed by atoms with Crippen LogP contribution in [-0.4, -0.2) is 27.2 Å². The number of benzene rings is 1. The molecule has 2 heterocycles. The van der Waals surface area contributed by atoms with Gasteiger partial charge in [-0.3, -0.25) is 4.98 Å². The molecule has 3 rings (SSSR count). The highest BCUT2D eigenvalue weighted by molar-refractivity contribution is 5.55. The number of rotatable bonds is 4. The lowest BCUT2D eigenvalue weighted by atomic mass is 10.2. The number of halogens is 3. The van der Waals surface area contributed by atoms with Crippen LogP contribution >= 0.6 is 0 Å². The molecule has 0 radical (unpaired) electrons. The van der Waals surface area contributed by atoms with E-state index in [0.717, 1.165) is 12.1 Å². The van der Waals surface area contributed by atoms with Gasteiger partial charge in [-0.05, 0) is 30.3 Å². The Labute approximate surface area is 145 Å². The largest absolute Gasteiger partial charge is 0.499 e. The first-order chi connectivity index (χ1) is 12.4. The maximum Gasteiger partial charge on any atom is 0.416 e. The van der Waals surface area contributed by atoms with Crippen molar-refractivity contribution in [2.24, 2.45) is 0 Å². The van der Waals surface area contributed by atoms with Crippen molar-refractivity contribution in [1.29, 1.82) is 0 Å². The summed E-state index contributed by atoms with van der Waals surface area (Å²) in [5, 5.41) is 10.1. The summed E-state index contributed by atoms with van der Waals surface area (Å²) in [6.07, 6.45) is -3.00. The van der Waals surface area contributed by atoms with E-state index in [1.165, 1.54) is 25.4 Å².